The molecule has 0 aliphatic carbocycles. The van der Waals surface area contributed by atoms with Crippen molar-refractivity contribution in [1.82, 2.24) is 10.1 Å². The van der Waals surface area contributed by atoms with E-state index in [4.69, 9.17) is 4.74 Å². The topological polar surface area (TPSA) is 84.7 Å². The van der Waals surface area contributed by atoms with Crippen molar-refractivity contribution in [2.24, 2.45) is 0 Å². The number of methoxy groups -OCH3 is 1. The lowest BCUT2D eigenvalue weighted by Crippen LogP contribution is -2.39. The molecule has 2 aromatic rings. The first kappa shape index (κ1) is 17.5. The van der Waals surface area contributed by atoms with Crippen molar-refractivity contribution < 1.29 is 18.8 Å². The van der Waals surface area contributed by atoms with Gasteiger partial charge in [0.1, 0.15) is 12.0 Å². The fourth-order valence-corrected chi connectivity index (χ4v) is 2.22. The van der Waals surface area contributed by atoms with Crippen LogP contribution in [0.15, 0.2) is 41.1 Å². The lowest BCUT2D eigenvalue weighted by atomic mass is 10.1. The van der Waals surface area contributed by atoms with Crippen LogP contribution in [-0.2, 0) is 16.0 Å². The molecule has 1 heterocycles. The summed E-state index contributed by atoms with van der Waals surface area (Å²) < 4.78 is 9.76. The van der Waals surface area contributed by atoms with Gasteiger partial charge in [-0.2, -0.15) is 0 Å². The predicted octanol–water partition coefficient (Wildman–Crippen LogP) is 2.10. The van der Waals surface area contributed by atoms with Crippen molar-refractivity contribution in [3.05, 3.63) is 42.2 Å². The Labute approximate surface area is 140 Å². The van der Waals surface area contributed by atoms with E-state index >= 15 is 0 Å². The van der Waals surface area contributed by atoms with Gasteiger partial charge in [-0.15, -0.1) is 0 Å². The van der Waals surface area contributed by atoms with Crippen LogP contribution in [0.3, 0.4) is 0 Å². The predicted molar refractivity (Wildman–Crippen MR) is 88.7 cm³/mol. The van der Waals surface area contributed by atoms with E-state index in [2.05, 4.69) is 15.0 Å². The summed E-state index contributed by atoms with van der Waals surface area (Å²) in [6.45, 7) is 2.46. The largest absolute Gasteiger partial charge is 0.497 e. The second-order valence-electron chi connectivity index (χ2n) is 5.27. The molecule has 0 aliphatic heterocycles. The third kappa shape index (κ3) is 5.12. The number of hydrogen-bond donors (Lipinski definition) is 1. The first-order chi connectivity index (χ1) is 11.6. The molecule has 0 bridgehead atoms. The summed E-state index contributed by atoms with van der Waals surface area (Å²) in [5.41, 5.74) is 0.874. The average Bonchev–Trinajstić information content (AvgIpc) is 3.08. The minimum absolute atomic E-state index is 0.0182. The summed E-state index contributed by atoms with van der Waals surface area (Å²) in [6, 6.07) is 8.85. The van der Waals surface area contributed by atoms with Crippen molar-refractivity contribution >= 4 is 17.6 Å². The average molecular weight is 331 g/mol. The maximum absolute atomic E-state index is 12.5. The highest BCUT2D eigenvalue weighted by Crippen LogP contribution is 2.12. The maximum Gasteiger partial charge on any atom is 0.245 e. The molecule has 2 rings (SSSR count). The summed E-state index contributed by atoms with van der Waals surface area (Å²) in [5.74, 6) is 0.667. The number of amides is 2. The molecule has 0 atom stereocenters. The van der Waals surface area contributed by atoms with Gasteiger partial charge in [0.15, 0.2) is 5.82 Å². The molecule has 0 spiro atoms. The molecular weight excluding hydrogens is 310 g/mol. The molecule has 24 heavy (non-hydrogen) atoms. The molecule has 0 aliphatic rings. The monoisotopic (exact) mass is 331 g/mol. The number of hydrogen-bond acceptors (Lipinski definition) is 5. The lowest BCUT2D eigenvalue weighted by molar-refractivity contribution is -0.134. The highest BCUT2D eigenvalue weighted by Gasteiger charge is 2.17. The van der Waals surface area contributed by atoms with Crippen molar-refractivity contribution in [3.8, 4) is 5.75 Å². The van der Waals surface area contributed by atoms with Gasteiger partial charge < -0.3 is 19.5 Å². The van der Waals surface area contributed by atoms with Crippen LogP contribution in [-0.4, -0.2) is 42.1 Å². The zero-order valence-electron chi connectivity index (χ0n) is 13.8. The Kier molecular flexibility index (Phi) is 6.36. The summed E-state index contributed by atoms with van der Waals surface area (Å²) in [5, 5.41) is 6.21. The number of rotatable bonds is 8. The number of nitrogens with one attached hydrogen (secondary N) is 1. The van der Waals surface area contributed by atoms with E-state index in [1.165, 1.54) is 6.26 Å². The van der Waals surface area contributed by atoms with Gasteiger partial charge in [-0.05, 0) is 24.1 Å². The molecule has 0 saturated carbocycles. The van der Waals surface area contributed by atoms with Crippen molar-refractivity contribution in [3.63, 3.8) is 0 Å². The van der Waals surface area contributed by atoms with Gasteiger partial charge in [-0.3, -0.25) is 9.59 Å². The second-order valence-corrected chi connectivity index (χ2v) is 5.27. The molecule has 0 radical (unpaired) electrons. The summed E-state index contributed by atoms with van der Waals surface area (Å²) in [7, 11) is 1.59. The van der Waals surface area contributed by atoms with Crippen LogP contribution in [0.4, 0.5) is 5.82 Å². The molecule has 0 fully saturated rings. The quantitative estimate of drug-likeness (QED) is 0.801. The molecule has 0 unspecified atom stereocenters. The zero-order valence-corrected chi connectivity index (χ0v) is 13.8. The van der Waals surface area contributed by atoms with Gasteiger partial charge in [0.2, 0.25) is 11.8 Å². The third-order valence-corrected chi connectivity index (χ3v) is 3.40. The van der Waals surface area contributed by atoms with Crippen LogP contribution in [0.25, 0.3) is 0 Å². The Hall–Kier alpha value is -2.83. The fourth-order valence-electron chi connectivity index (χ4n) is 2.22. The van der Waals surface area contributed by atoms with Gasteiger partial charge in [0.05, 0.1) is 20.1 Å². The Bertz CT molecular complexity index is 653. The van der Waals surface area contributed by atoms with E-state index < -0.39 is 0 Å². The van der Waals surface area contributed by atoms with E-state index in [0.29, 0.717) is 12.4 Å². The molecule has 7 nitrogen and oxygen atoms in total. The molecule has 1 aromatic carbocycles. The van der Waals surface area contributed by atoms with Gasteiger partial charge in [0, 0.05) is 12.6 Å². The summed E-state index contributed by atoms with van der Waals surface area (Å²) in [4.78, 5) is 26.0. The lowest BCUT2D eigenvalue weighted by Gasteiger charge is -2.21. The Morgan fingerprint density at radius 2 is 2.00 bits per heavy atom. The number of carbonyl (C=O) groups excluding carboxylic acids is 2. The van der Waals surface area contributed by atoms with E-state index in [-0.39, 0.29) is 24.8 Å². The highest BCUT2D eigenvalue weighted by molar-refractivity contribution is 5.94. The Morgan fingerprint density at radius 3 is 2.58 bits per heavy atom. The third-order valence-electron chi connectivity index (χ3n) is 3.40. The number of carbonyl (C=O) groups is 2. The van der Waals surface area contributed by atoms with Crippen LogP contribution in [0.5, 0.6) is 5.75 Å². The van der Waals surface area contributed by atoms with Crippen molar-refractivity contribution in [1.29, 1.82) is 0 Å². The SMILES string of the molecule is CCCN(CC(=O)Nc1ccon1)C(=O)Cc1ccc(OC)cc1. The number of nitrogens with zero attached hydrogens (tertiary/aromatic N) is 2. The van der Waals surface area contributed by atoms with Crippen LogP contribution in [0.2, 0.25) is 0 Å². The minimum Gasteiger partial charge on any atom is -0.497 e. The molecule has 1 aromatic heterocycles. The normalized spacial score (nSPS) is 10.2. The molecular formula is C17H21N3O4. The highest BCUT2D eigenvalue weighted by atomic mass is 16.5. The molecule has 128 valence electrons. The summed E-state index contributed by atoms with van der Waals surface area (Å²) >= 11 is 0. The number of aromatic nitrogens is 1. The van der Waals surface area contributed by atoms with Gasteiger partial charge >= 0.3 is 0 Å². The minimum atomic E-state index is -0.305. The molecule has 0 saturated heterocycles. The van der Waals surface area contributed by atoms with Crippen LogP contribution >= 0.6 is 0 Å². The van der Waals surface area contributed by atoms with E-state index in [9.17, 15) is 9.59 Å². The standard InChI is InChI=1S/C17H21N3O4/c1-3-9-20(12-16(21)18-15-8-10-24-19-15)17(22)11-13-4-6-14(23-2)7-5-13/h4-8,10H,3,9,11-12H2,1-2H3,(H,18,19,21). The Morgan fingerprint density at radius 1 is 1.25 bits per heavy atom. The van der Waals surface area contributed by atoms with E-state index in [0.717, 1.165) is 17.7 Å². The first-order valence-corrected chi connectivity index (χ1v) is 7.73. The van der Waals surface area contributed by atoms with Crippen LogP contribution in [0.1, 0.15) is 18.9 Å². The number of ether oxygens (including phenoxy) is 1. The van der Waals surface area contributed by atoms with Gasteiger partial charge in [0.25, 0.3) is 0 Å². The maximum atomic E-state index is 12.5. The van der Waals surface area contributed by atoms with Crippen LogP contribution < -0.4 is 10.1 Å². The van der Waals surface area contributed by atoms with Gasteiger partial charge in [-0.25, -0.2) is 0 Å². The van der Waals surface area contributed by atoms with Crippen molar-refractivity contribution in [2.45, 2.75) is 19.8 Å². The Balaban J connectivity index is 1.94. The zero-order chi connectivity index (χ0) is 17.4. The van der Waals surface area contributed by atoms with Crippen LogP contribution in [0, 0.1) is 0 Å². The van der Waals surface area contributed by atoms with E-state index in [1.807, 2.05) is 31.2 Å². The van der Waals surface area contributed by atoms with E-state index in [1.54, 1.807) is 18.1 Å². The van der Waals surface area contributed by atoms with Crippen molar-refractivity contribution in [2.75, 3.05) is 25.5 Å². The smallest absolute Gasteiger partial charge is 0.245 e. The number of anilines is 1. The number of benzene rings is 1. The molecule has 7 heteroatoms. The summed E-state index contributed by atoms with van der Waals surface area (Å²) in [6.07, 6.45) is 2.38. The second kappa shape index (κ2) is 8.71. The van der Waals surface area contributed by atoms with Gasteiger partial charge in [-0.1, -0.05) is 24.2 Å². The molecule has 2 amide bonds. The first-order valence-electron chi connectivity index (χ1n) is 7.73. The molecule has 1 N–H and O–H groups in total. The fraction of sp³-hybridized carbons (Fsp3) is 0.353.